The molecular formula is C29H37N3O5. The molecule has 37 heavy (non-hydrogen) atoms. The molecule has 1 aromatic carbocycles. The number of nitrogens with zero attached hydrogens (tertiary/aromatic N) is 2. The second-order valence-corrected chi connectivity index (χ2v) is 10.8. The van der Waals surface area contributed by atoms with E-state index >= 15 is 0 Å². The number of likely N-dealkylation sites (tertiary alicyclic amines) is 1. The van der Waals surface area contributed by atoms with E-state index in [1.54, 1.807) is 18.3 Å². The Morgan fingerprint density at radius 3 is 2.43 bits per heavy atom. The number of hydrogen-bond acceptors (Lipinski definition) is 7. The van der Waals surface area contributed by atoms with Crippen LogP contribution in [0.25, 0.3) is 0 Å². The molecule has 3 fully saturated rings. The van der Waals surface area contributed by atoms with Crippen LogP contribution in [0, 0.1) is 11.8 Å². The van der Waals surface area contributed by atoms with Crippen LogP contribution in [0.1, 0.15) is 62.5 Å². The molecule has 2 aliphatic heterocycles. The zero-order chi connectivity index (χ0) is 25.8. The largest absolute Gasteiger partial charge is 0.421 e. The van der Waals surface area contributed by atoms with Gasteiger partial charge in [-0.1, -0.05) is 43.5 Å². The summed E-state index contributed by atoms with van der Waals surface area (Å²) in [6.07, 6.45) is 11.3. The van der Waals surface area contributed by atoms with Crippen LogP contribution in [0.5, 0.6) is 0 Å². The molecule has 1 spiro atoms. The Morgan fingerprint density at radius 1 is 0.946 bits per heavy atom. The van der Waals surface area contributed by atoms with Crippen molar-refractivity contribution in [2.75, 3.05) is 25.0 Å². The Bertz CT molecular complexity index is 1160. The fourth-order valence-corrected chi connectivity index (χ4v) is 6.25. The lowest BCUT2D eigenvalue weighted by molar-refractivity contribution is -0.274. The normalized spacial score (nSPS) is 22.1. The van der Waals surface area contributed by atoms with Gasteiger partial charge in [-0.2, -0.15) is 0 Å². The number of carbonyl (C=O) groups is 2. The van der Waals surface area contributed by atoms with E-state index in [1.807, 2.05) is 4.90 Å². The van der Waals surface area contributed by atoms with Gasteiger partial charge in [-0.05, 0) is 61.6 Å². The van der Waals surface area contributed by atoms with Gasteiger partial charge in [0.1, 0.15) is 0 Å². The van der Waals surface area contributed by atoms with Gasteiger partial charge in [0.15, 0.2) is 0 Å². The first-order valence-electron chi connectivity index (χ1n) is 13.6. The first kappa shape index (κ1) is 25.5. The summed E-state index contributed by atoms with van der Waals surface area (Å²) < 4.78 is 11.1. The van der Waals surface area contributed by atoms with Crippen LogP contribution in [0.4, 0.5) is 5.69 Å². The number of aromatic nitrogens is 1. The van der Waals surface area contributed by atoms with Crippen molar-refractivity contribution < 1.29 is 19.1 Å². The summed E-state index contributed by atoms with van der Waals surface area (Å²) in [6, 6.07) is 12.1. The van der Waals surface area contributed by atoms with Gasteiger partial charge in [-0.15, -0.1) is 0 Å². The highest BCUT2D eigenvalue weighted by Gasteiger charge is 2.55. The number of para-hydroxylation sites is 1. The summed E-state index contributed by atoms with van der Waals surface area (Å²) in [5.41, 5.74) is 2.93. The SMILES string of the molecule is CN(CC1CCCCC1)c1ccccc1CCC1CCN(Cc2ccc[nH]c2=O)C2(C1)OC(=O)C(=O)O2. The van der Waals surface area contributed by atoms with Crippen molar-refractivity contribution in [2.45, 2.75) is 70.2 Å². The number of rotatable bonds is 8. The Labute approximate surface area is 217 Å². The summed E-state index contributed by atoms with van der Waals surface area (Å²) in [5, 5.41) is 0. The van der Waals surface area contributed by atoms with Crippen molar-refractivity contribution in [2.24, 2.45) is 11.8 Å². The van der Waals surface area contributed by atoms with E-state index < -0.39 is 17.8 Å². The first-order chi connectivity index (χ1) is 17.9. The van der Waals surface area contributed by atoms with Crippen molar-refractivity contribution in [1.29, 1.82) is 0 Å². The number of piperidine rings is 1. The van der Waals surface area contributed by atoms with Crippen LogP contribution in [0.15, 0.2) is 47.4 Å². The molecule has 0 bridgehead atoms. The van der Waals surface area contributed by atoms with Crippen molar-refractivity contribution in [3.63, 3.8) is 0 Å². The molecule has 198 valence electrons. The molecule has 0 amide bonds. The van der Waals surface area contributed by atoms with Crippen molar-refractivity contribution in [1.82, 2.24) is 9.88 Å². The van der Waals surface area contributed by atoms with E-state index in [4.69, 9.17) is 9.47 Å². The third-order valence-corrected chi connectivity index (χ3v) is 8.25. The number of benzene rings is 1. The summed E-state index contributed by atoms with van der Waals surface area (Å²) in [7, 11) is 2.20. The summed E-state index contributed by atoms with van der Waals surface area (Å²) in [5.74, 6) is -2.42. The van der Waals surface area contributed by atoms with E-state index in [-0.39, 0.29) is 18.0 Å². The molecule has 1 aromatic heterocycles. The monoisotopic (exact) mass is 507 g/mol. The Morgan fingerprint density at radius 2 is 1.68 bits per heavy atom. The Kier molecular flexibility index (Phi) is 7.65. The van der Waals surface area contributed by atoms with Gasteiger partial charge in [0.2, 0.25) is 0 Å². The highest BCUT2D eigenvalue weighted by Crippen LogP contribution is 2.40. The van der Waals surface area contributed by atoms with Crippen molar-refractivity contribution in [3.8, 4) is 0 Å². The highest BCUT2D eigenvalue weighted by atomic mass is 16.8. The molecule has 1 unspecified atom stereocenters. The lowest BCUT2D eigenvalue weighted by Crippen LogP contribution is -2.55. The summed E-state index contributed by atoms with van der Waals surface area (Å²) >= 11 is 0. The molecule has 0 radical (unpaired) electrons. The van der Waals surface area contributed by atoms with E-state index in [0.29, 0.717) is 18.5 Å². The zero-order valence-electron chi connectivity index (χ0n) is 21.6. The maximum atomic E-state index is 12.3. The number of pyridine rings is 1. The smallest absolute Gasteiger partial charge is 0.400 e. The van der Waals surface area contributed by atoms with Crippen LogP contribution in [-0.2, 0) is 32.0 Å². The average Bonchev–Trinajstić information content (AvgIpc) is 3.19. The quantitative estimate of drug-likeness (QED) is 0.427. The molecular weight excluding hydrogens is 470 g/mol. The third-order valence-electron chi connectivity index (χ3n) is 8.25. The molecule has 1 N–H and O–H groups in total. The molecule has 1 aliphatic carbocycles. The van der Waals surface area contributed by atoms with Crippen LogP contribution in [0.3, 0.4) is 0 Å². The molecule has 5 rings (SSSR count). The fourth-order valence-electron chi connectivity index (χ4n) is 6.25. The van der Waals surface area contributed by atoms with Gasteiger partial charge in [0.25, 0.3) is 5.56 Å². The number of nitrogens with one attached hydrogen (secondary N) is 1. The molecule has 1 saturated carbocycles. The number of aryl methyl sites for hydroxylation is 1. The van der Waals surface area contributed by atoms with Crippen LogP contribution >= 0.6 is 0 Å². The number of ether oxygens (including phenoxy) is 2. The predicted molar refractivity (Wildman–Crippen MR) is 140 cm³/mol. The van der Waals surface area contributed by atoms with Crippen molar-refractivity contribution in [3.05, 3.63) is 64.1 Å². The van der Waals surface area contributed by atoms with Crippen molar-refractivity contribution >= 4 is 17.6 Å². The van der Waals surface area contributed by atoms with Crippen LogP contribution < -0.4 is 10.5 Å². The molecule has 1 atom stereocenters. The number of esters is 2. The first-order valence-corrected chi connectivity index (χ1v) is 13.6. The van der Waals surface area contributed by atoms with Gasteiger partial charge >= 0.3 is 17.8 Å². The Balaban J connectivity index is 1.26. The van der Waals surface area contributed by atoms with Gasteiger partial charge in [0, 0.05) is 50.6 Å². The molecule has 2 saturated heterocycles. The van der Waals surface area contributed by atoms with Gasteiger partial charge in [-0.25, -0.2) is 14.5 Å². The van der Waals surface area contributed by atoms with E-state index in [0.717, 1.165) is 31.7 Å². The number of hydrogen-bond donors (Lipinski definition) is 1. The van der Waals surface area contributed by atoms with E-state index in [9.17, 15) is 14.4 Å². The second kappa shape index (κ2) is 11.1. The standard InChI is InChI=1S/C29H37N3O5/c1-31(19-22-8-3-2-4-9-22)25-12-6-5-10-23(25)14-13-21-15-17-32(20-24-11-7-16-30-26(24)33)29(18-21)36-27(34)28(35)37-29/h5-7,10-12,16,21-22H,2-4,8-9,13-15,17-20H2,1H3,(H,30,33). The number of H-pyrrole nitrogens is 1. The second-order valence-electron chi connectivity index (χ2n) is 10.8. The Hall–Kier alpha value is -3.13. The maximum Gasteiger partial charge on any atom is 0.421 e. The topological polar surface area (TPSA) is 91.9 Å². The molecule has 8 heteroatoms. The maximum absolute atomic E-state index is 12.3. The van der Waals surface area contributed by atoms with Gasteiger partial charge < -0.3 is 19.4 Å². The highest BCUT2D eigenvalue weighted by molar-refractivity contribution is 6.31. The fraction of sp³-hybridized carbons (Fsp3) is 0.552. The molecule has 3 aliphatic rings. The predicted octanol–water partition coefficient (Wildman–Crippen LogP) is 3.99. The van der Waals surface area contributed by atoms with E-state index in [1.165, 1.54) is 43.4 Å². The molecule has 8 nitrogen and oxygen atoms in total. The van der Waals surface area contributed by atoms with Crippen LogP contribution in [-0.4, -0.2) is 47.9 Å². The average molecular weight is 508 g/mol. The molecule has 2 aromatic rings. The minimum Gasteiger partial charge on any atom is -0.400 e. The lowest BCUT2D eigenvalue weighted by Gasteiger charge is -2.43. The number of anilines is 1. The minimum atomic E-state index is -1.45. The third kappa shape index (κ3) is 5.74. The summed E-state index contributed by atoms with van der Waals surface area (Å²) in [4.78, 5) is 43.3. The van der Waals surface area contributed by atoms with E-state index in [2.05, 4.69) is 41.2 Å². The minimum absolute atomic E-state index is 0.204. The zero-order valence-corrected chi connectivity index (χ0v) is 21.6. The van der Waals surface area contributed by atoms with Crippen LogP contribution in [0.2, 0.25) is 0 Å². The van der Waals surface area contributed by atoms with Gasteiger partial charge in [-0.3, -0.25) is 4.79 Å². The molecule has 3 heterocycles. The number of aromatic amines is 1. The number of carbonyl (C=O) groups excluding carboxylic acids is 2. The van der Waals surface area contributed by atoms with Gasteiger partial charge in [0.05, 0.1) is 0 Å². The lowest BCUT2D eigenvalue weighted by atomic mass is 9.87. The summed E-state index contributed by atoms with van der Waals surface area (Å²) in [6.45, 7) is 1.88.